The molecule has 0 bridgehead atoms. The molecule has 1 aromatic heterocycles. The fraction of sp³-hybridized carbons (Fsp3) is 0.393. The van der Waals surface area contributed by atoms with Crippen LogP contribution in [0.25, 0.3) is 17.7 Å². The summed E-state index contributed by atoms with van der Waals surface area (Å²) in [4.78, 5) is 10.6. The van der Waals surface area contributed by atoms with Crippen molar-refractivity contribution in [1.82, 2.24) is 4.98 Å². The standard InChI is InChI=1S/C28H38N4/c1-4-6-19-32(20-7-5-2)25-14-11-23(12-15-25)10-13-24-21-22(3)28(31-24)26(16-17-29)27-9-8-18-30-27/h8-15,18,21,31H,4-7,16-17,19-20,29H2,1-3H3/b13-10+,27-26?. The molecular formula is C28H38N4. The van der Waals surface area contributed by atoms with Crippen LogP contribution in [0.1, 0.15) is 68.5 Å². The van der Waals surface area contributed by atoms with E-state index >= 15 is 0 Å². The van der Waals surface area contributed by atoms with Gasteiger partial charge in [-0.15, -0.1) is 0 Å². The van der Waals surface area contributed by atoms with Gasteiger partial charge < -0.3 is 15.6 Å². The lowest BCUT2D eigenvalue weighted by atomic mass is 10.0. The zero-order valence-electron chi connectivity index (χ0n) is 19.9. The molecule has 3 rings (SSSR count). The lowest BCUT2D eigenvalue weighted by molar-refractivity contribution is 0.678. The molecule has 170 valence electrons. The SMILES string of the molecule is CCCCN(CCCC)c1ccc(/C=C/c2cc(C)c(C(CCN)=C3C=CC=N3)[nH]2)cc1. The summed E-state index contributed by atoms with van der Waals surface area (Å²) in [7, 11) is 0. The Morgan fingerprint density at radius 2 is 1.78 bits per heavy atom. The number of H-pyrrole nitrogens is 1. The van der Waals surface area contributed by atoms with E-state index in [1.165, 1.54) is 48.1 Å². The number of unbranched alkanes of at least 4 members (excludes halogenated alkanes) is 2. The number of anilines is 1. The van der Waals surface area contributed by atoms with E-state index in [4.69, 9.17) is 5.73 Å². The third-order valence-corrected chi connectivity index (χ3v) is 5.87. The normalized spacial score (nSPS) is 14.6. The van der Waals surface area contributed by atoms with E-state index in [9.17, 15) is 0 Å². The van der Waals surface area contributed by atoms with E-state index in [0.717, 1.165) is 36.6 Å². The summed E-state index contributed by atoms with van der Waals surface area (Å²) in [5.74, 6) is 0. The number of nitrogens with two attached hydrogens (primary N) is 1. The van der Waals surface area contributed by atoms with Crippen LogP contribution >= 0.6 is 0 Å². The first-order valence-electron chi connectivity index (χ1n) is 12.0. The first-order valence-corrected chi connectivity index (χ1v) is 12.0. The number of aromatic nitrogens is 1. The van der Waals surface area contributed by atoms with Gasteiger partial charge >= 0.3 is 0 Å². The van der Waals surface area contributed by atoms with Crippen molar-refractivity contribution < 1.29 is 0 Å². The highest BCUT2D eigenvalue weighted by Gasteiger charge is 2.13. The van der Waals surface area contributed by atoms with E-state index in [1.54, 1.807) is 0 Å². The number of benzene rings is 1. The highest BCUT2D eigenvalue weighted by molar-refractivity contribution is 5.83. The third-order valence-electron chi connectivity index (χ3n) is 5.87. The summed E-state index contributed by atoms with van der Waals surface area (Å²) in [6.45, 7) is 9.52. The van der Waals surface area contributed by atoms with Crippen molar-refractivity contribution in [3.8, 4) is 0 Å². The summed E-state index contributed by atoms with van der Waals surface area (Å²) in [6, 6.07) is 11.1. The number of aliphatic imine (C=N–C) groups is 1. The molecule has 0 aliphatic carbocycles. The first kappa shape index (κ1) is 23.8. The summed E-state index contributed by atoms with van der Waals surface area (Å²) in [6.07, 6.45) is 15.9. The predicted molar refractivity (Wildman–Crippen MR) is 141 cm³/mol. The Bertz CT molecular complexity index is 951. The molecule has 1 aliphatic heterocycles. The summed E-state index contributed by atoms with van der Waals surface area (Å²) in [5.41, 5.74) is 14.0. The van der Waals surface area contributed by atoms with Gasteiger partial charge in [0.1, 0.15) is 0 Å². The second-order valence-corrected chi connectivity index (χ2v) is 8.44. The lowest BCUT2D eigenvalue weighted by Gasteiger charge is -2.24. The zero-order valence-corrected chi connectivity index (χ0v) is 19.9. The van der Waals surface area contributed by atoms with Crippen molar-refractivity contribution in [2.45, 2.75) is 52.9 Å². The van der Waals surface area contributed by atoms with Gasteiger partial charge in [0.15, 0.2) is 0 Å². The van der Waals surface area contributed by atoms with Crippen LogP contribution in [0.3, 0.4) is 0 Å². The highest BCUT2D eigenvalue weighted by atomic mass is 15.1. The molecule has 0 atom stereocenters. The number of hydrogen-bond acceptors (Lipinski definition) is 3. The van der Waals surface area contributed by atoms with Gasteiger partial charge in [0.05, 0.1) is 5.70 Å². The summed E-state index contributed by atoms with van der Waals surface area (Å²) < 4.78 is 0. The Labute approximate surface area is 193 Å². The molecule has 0 radical (unpaired) electrons. The minimum atomic E-state index is 0.603. The quantitative estimate of drug-likeness (QED) is 0.398. The molecule has 32 heavy (non-hydrogen) atoms. The van der Waals surface area contributed by atoms with Crippen LogP contribution in [0, 0.1) is 6.92 Å². The Kier molecular flexibility index (Phi) is 9.12. The Morgan fingerprint density at radius 3 is 2.38 bits per heavy atom. The van der Waals surface area contributed by atoms with Crippen LogP contribution in [0.5, 0.6) is 0 Å². The molecule has 0 fully saturated rings. The molecule has 2 aromatic rings. The van der Waals surface area contributed by atoms with E-state index < -0.39 is 0 Å². The van der Waals surface area contributed by atoms with Crippen molar-refractivity contribution >= 4 is 29.6 Å². The summed E-state index contributed by atoms with van der Waals surface area (Å²) >= 11 is 0. The molecule has 0 amide bonds. The fourth-order valence-electron chi connectivity index (χ4n) is 4.04. The molecule has 1 aliphatic rings. The second-order valence-electron chi connectivity index (χ2n) is 8.44. The van der Waals surface area contributed by atoms with Gasteiger partial charge in [0, 0.05) is 42.0 Å². The topological polar surface area (TPSA) is 57.4 Å². The van der Waals surface area contributed by atoms with Gasteiger partial charge in [-0.1, -0.05) is 44.9 Å². The predicted octanol–water partition coefficient (Wildman–Crippen LogP) is 6.60. The molecule has 0 spiro atoms. The van der Waals surface area contributed by atoms with Crippen LogP contribution in [0.15, 0.2) is 53.2 Å². The number of hydrogen-bond donors (Lipinski definition) is 2. The smallest absolute Gasteiger partial charge is 0.0683 e. The number of aromatic amines is 1. The summed E-state index contributed by atoms with van der Waals surface area (Å²) in [5, 5.41) is 0. The third kappa shape index (κ3) is 6.33. The van der Waals surface area contributed by atoms with E-state index in [1.807, 2.05) is 18.4 Å². The van der Waals surface area contributed by atoms with Crippen molar-refractivity contribution in [2.75, 3.05) is 24.5 Å². The number of aryl methyl sites for hydroxylation is 1. The van der Waals surface area contributed by atoms with Crippen LogP contribution in [-0.2, 0) is 0 Å². The molecule has 0 saturated carbocycles. The lowest BCUT2D eigenvalue weighted by Crippen LogP contribution is -2.25. The Hall–Kier alpha value is -2.85. The van der Waals surface area contributed by atoms with Gasteiger partial charge in [-0.2, -0.15) is 0 Å². The molecule has 1 aromatic carbocycles. The van der Waals surface area contributed by atoms with Gasteiger partial charge in [-0.3, -0.25) is 4.99 Å². The van der Waals surface area contributed by atoms with Gasteiger partial charge in [0.25, 0.3) is 0 Å². The fourth-order valence-corrected chi connectivity index (χ4v) is 4.04. The van der Waals surface area contributed by atoms with Gasteiger partial charge in [0.2, 0.25) is 0 Å². The number of nitrogens with zero attached hydrogens (tertiary/aromatic N) is 2. The molecule has 4 heteroatoms. The monoisotopic (exact) mass is 430 g/mol. The van der Waals surface area contributed by atoms with Crippen LogP contribution < -0.4 is 10.6 Å². The molecule has 3 N–H and O–H groups in total. The molecule has 0 unspecified atom stereocenters. The first-order chi connectivity index (χ1) is 15.7. The van der Waals surface area contributed by atoms with E-state index in [2.05, 4.69) is 78.1 Å². The average molecular weight is 431 g/mol. The molecule has 0 saturated heterocycles. The van der Waals surface area contributed by atoms with Crippen molar-refractivity contribution in [3.63, 3.8) is 0 Å². The zero-order chi connectivity index (χ0) is 22.8. The van der Waals surface area contributed by atoms with Crippen LogP contribution in [0.2, 0.25) is 0 Å². The largest absolute Gasteiger partial charge is 0.372 e. The van der Waals surface area contributed by atoms with Gasteiger partial charge in [-0.25, -0.2) is 0 Å². The Morgan fingerprint density at radius 1 is 1.06 bits per heavy atom. The van der Waals surface area contributed by atoms with E-state index in [0.29, 0.717) is 6.54 Å². The van der Waals surface area contributed by atoms with Crippen molar-refractivity contribution in [1.29, 1.82) is 0 Å². The van der Waals surface area contributed by atoms with Crippen LogP contribution in [-0.4, -0.2) is 30.8 Å². The molecular weight excluding hydrogens is 392 g/mol. The second kappa shape index (κ2) is 12.3. The van der Waals surface area contributed by atoms with Gasteiger partial charge in [-0.05, 0) is 80.3 Å². The van der Waals surface area contributed by atoms with Crippen molar-refractivity contribution in [3.05, 3.63) is 70.7 Å². The average Bonchev–Trinajstić information content (AvgIpc) is 3.47. The van der Waals surface area contributed by atoms with Crippen molar-refractivity contribution in [2.24, 2.45) is 10.7 Å². The maximum Gasteiger partial charge on any atom is 0.0683 e. The minimum absolute atomic E-state index is 0.603. The minimum Gasteiger partial charge on any atom is -0.372 e. The number of rotatable bonds is 12. The number of nitrogens with one attached hydrogen (secondary N) is 1. The van der Waals surface area contributed by atoms with Crippen LogP contribution in [0.4, 0.5) is 5.69 Å². The molecule has 4 nitrogen and oxygen atoms in total. The number of allylic oxidation sites excluding steroid dienone is 2. The highest BCUT2D eigenvalue weighted by Crippen LogP contribution is 2.28. The maximum atomic E-state index is 5.87. The molecule has 2 heterocycles. The maximum absolute atomic E-state index is 5.87. The van der Waals surface area contributed by atoms with E-state index in [-0.39, 0.29) is 0 Å². The Balaban J connectivity index is 1.74.